The average molecular weight is 421 g/mol. The van der Waals surface area contributed by atoms with Gasteiger partial charge in [0.15, 0.2) is 0 Å². The van der Waals surface area contributed by atoms with Gasteiger partial charge in [-0.25, -0.2) is 0 Å². The summed E-state index contributed by atoms with van der Waals surface area (Å²) in [5.74, 6) is -1.08. The lowest BCUT2D eigenvalue weighted by molar-refractivity contribution is -0.385. The Morgan fingerprint density at radius 3 is 2.30 bits per heavy atom. The number of alkyl halides is 3. The molecule has 0 bridgehead atoms. The van der Waals surface area contributed by atoms with Crippen LogP contribution < -0.4 is 5.32 Å². The topological polar surface area (TPSA) is 92.6 Å². The second-order valence-corrected chi connectivity index (χ2v) is 7.00. The summed E-state index contributed by atoms with van der Waals surface area (Å²) in [5, 5.41) is 13.8. The highest BCUT2D eigenvalue weighted by molar-refractivity contribution is 5.96. The first-order chi connectivity index (χ1) is 14.1. The summed E-state index contributed by atoms with van der Waals surface area (Å²) in [5.41, 5.74) is 0.0378. The number of hydrogen-bond donors (Lipinski definition) is 1. The van der Waals surface area contributed by atoms with Crippen LogP contribution in [-0.2, 0) is 11.3 Å². The predicted octanol–water partition coefficient (Wildman–Crippen LogP) is 4.15. The van der Waals surface area contributed by atoms with Gasteiger partial charge in [-0.05, 0) is 37.1 Å². The molecule has 0 heterocycles. The fraction of sp³-hybridized carbons (Fsp3) is 0.300. The first-order valence-corrected chi connectivity index (χ1v) is 9.13. The van der Waals surface area contributed by atoms with Crippen molar-refractivity contribution in [2.45, 2.75) is 25.6 Å². The van der Waals surface area contributed by atoms with Crippen LogP contribution in [0.3, 0.4) is 0 Å². The fourth-order valence-electron chi connectivity index (χ4n) is 2.91. The van der Waals surface area contributed by atoms with Gasteiger partial charge in [0.2, 0.25) is 5.91 Å². The third-order valence-corrected chi connectivity index (χ3v) is 4.55. The third kappa shape index (κ3) is 5.56. The maximum absolute atomic E-state index is 13.1. The quantitative estimate of drug-likeness (QED) is 0.537. The molecule has 2 amide bonds. The van der Waals surface area contributed by atoms with Crippen LogP contribution in [0.25, 0.3) is 0 Å². The van der Waals surface area contributed by atoms with E-state index in [0.717, 1.165) is 12.8 Å². The molecular weight excluding hydrogens is 403 g/mol. The Morgan fingerprint density at radius 2 is 1.73 bits per heavy atom. The van der Waals surface area contributed by atoms with Gasteiger partial charge in [0.05, 0.1) is 11.5 Å². The number of nitro benzene ring substituents is 1. The Kier molecular flexibility index (Phi) is 6.04. The molecule has 3 rings (SSSR count). The van der Waals surface area contributed by atoms with Crippen molar-refractivity contribution < 1.29 is 27.7 Å². The molecule has 0 aromatic heterocycles. The zero-order valence-electron chi connectivity index (χ0n) is 15.7. The maximum Gasteiger partial charge on any atom is 0.406 e. The van der Waals surface area contributed by atoms with Crippen molar-refractivity contribution in [1.29, 1.82) is 0 Å². The van der Waals surface area contributed by atoms with Gasteiger partial charge in [-0.15, -0.1) is 0 Å². The van der Waals surface area contributed by atoms with Crippen LogP contribution in [0.4, 0.5) is 24.5 Å². The van der Waals surface area contributed by atoms with Crippen LogP contribution in [0.15, 0.2) is 48.5 Å². The van der Waals surface area contributed by atoms with E-state index in [0.29, 0.717) is 10.6 Å². The number of nitrogens with zero attached hydrogens (tertiary/aromatic N) is 2. The minimum atomic E-state index is -4.68. The number of anilines is 1. The van der Waals surface area contributed by atoms with E-state index in [2.05, 4.69) is 5.32 Å². The molecule has 0 radical (unpaired) electrons. The minimum Gasteiger partial charge on any atom is -0.326 e. The lowest BCUT2D eigenvalue weighted by Gasteiger charge is -2.24. The molecule has 1 N–H and O–H groups in total. The highest BCUT2D eigenvalue weighted by Gasteiger charge is 2.34. The van der Waals surface area contributed by atoms with E-state index < -0.39 is 30.1 Å². The van der Waals surface area contributed by atoms with E-state index in [4.69, 9.17) is 0 Å². The summed E-state index contributed by atoms with van der Waals surface area (Å²) in [6.45, 7) is -2.13. The standard InChI is InChI=1S/C20H18F3N3O4/c21-20(22,23)12-25(11-15-3-1-2-4-17(15)26(29)30)19(28)14-7-9-16(10-8-14)24-18(27)13-5-6-13/h1-4,7-10,13H,5-6,11-12H2,(H,24,27). The smallest absolute Gasteiger partial charge is 0.326 e. The Bertz CT molecular complexity index is 957. The molecule has 10 heteroatoms. The molecule has 2 aromatic rings. The first kappa shape index (κ1) is 21.3. The number of carbonyl (C=O) groups excluding carboxylic acids is 2. The van der Waals surface area contributed by atoms with Crippen LogP contribution >= 0.6 is 0 Å². The zero-order valence-corrected chi connectivity index (χ0v) is 15.7. The predicted molar refractivity (Wildman–Crippen MR) is 102 cm³/mol. The zero-order chi connectivity index (χ0) is 21.9. The van der Waals surface area contributed by atoms with Gasteiger partial charge >= 0.3 is 6.18 Å². The van der Waals surface area contributed by atoms with E-state index in [1.54, 1.807) is 0 Å². The van der Waals surface area contributed by atoms with Gasteiger partial charge in [-0.3, -0.25) is 19.7 Å². The summed E-state index contributed by atoms with van der Waals surface area (Å²) in [6, 6.07) is 10.8. The van der Waals surface area contributed by atoms with Crippen molar-refractivity contribution in [1.82, 2.24) is 4.90 Å². The lowest BCUT2D eigenvalue weighted by Crippen LogP contribution is -2.38. The fourth-order valence-corrected chi connectivity index (χ4v) is 2.91. The highest BCUT2D eigenvalue weighted by atomic mass is 19.4. The number of nitro groups is 1. The normalized spacial score (nSPS) is 13.6. The Morgan fingerprint density at radius 1 is 1.10 bits per heavy atom. The molecular formula is C20H18F3N3O4. The van der Waals surface area contributed by atoms with Gasteiger partial charge < -0.3 is 10.2 Å². The van der Waals surface area contributed by atoms with Crippen molar-refractivity contribution in [3.8, 4) is 0 Å². The number of halogens is 3. The monoisotopic (exact) mass is 421 g/mol. The molecule has 0 aliphatic heterocycles. The van der Waals surface area contributed by atoms with Crippen LogP contribution in [-0.4, -0.2) is 34.4 Å². The number of hydrogen-bond acceptors (Lipinski definition) is 4. The second kappa shape index (κ2) is 8.52. The molecule has 7 nitrogen and oxygen atoms in total. The molecule has 0 unspecified atom stereocenters. The highest BCUT2D eigenvalue weighted by Crippen LogP contribution is 2.30. The third-order valence-electron chi connectivity index (χ3n) is 4.55. The summed E-state index contributed by atoms with van der Waals surface area (Å²) in [6.07, 6.45) is -3.04. The van der Waals surface area contributed by atoms with Crippen molar-refractivity contribution in [2.75, 3.05) is 11.9 Å². The largest absolute Gasteiger partial charge is 0.406 e. The first-order valence-electron chi connectivity index (χ1n) is 9.13. The summed E-state index contributed by atoms with van der Waals surface area (Å²) >= 11 is 0. The van der Waals surface area contributed by atoms with E-state index in [9.17, 15) is 32.9 Å². The molecule has 0 spiro atoms. The summed E-state index contributed by atoms with van der Waals surface area (Å²) in [4.78, 5) is 35.5. The number of para-hydroxylation sites is 1. The molecule has 1 aliphatic carbocycles. The van der Waals surface area contributed by atoms with Crippen LogP contribution in [0.2, 0.25) is 0 Å². The Labute approximate surface area is 169 Å². The number of nitrogens with one attached hydrogen (secondary N) is 1. The molecule has 1 saturated carbocycles. The Hall–Kier alpha value is -3.43. The van der Waals surface area contributed by atoms with Gasteiger partial charge in [0.1, 0.15) is 6.54 Å². The second-order valence-electron chi connectivity index (χ2n) is 7.00. The van der Waals surface area contributed by atoms with Crippen LogP contribution in [0.5, 0.6) is 0 Å². The van der Waals surface area contributed by atoms with Crippen molar-refractivity contribution in [3.05, 3.63) is 69.8 Å². The van der Waals surface area contributed by atoms with E-state index in [1.165, 1.54) is 48.5 Å². The van der Waals surface area contributed by atoms with E-state index >= 15 is 0 Å². The van der Waals surface area contributed by atoms with Crippen molar-refractivity contribution in [2.24, 2.45) is 5.92 Å². The summed E-state index contributed by atoms with van der Waals surface area (Å²) in [7, 11) is 0. The SMILES string of the molecule is O=C(Nc1ccc(C(=O)N(Cc2ccccc2[N+](=O)[O-])CC(F)(F)F)cc1)C1CC1. The van der Waals surface area contributed by atoms with Crippen LogP contribution in [0.1, 0.15) is 28.8 Å². The number of benzene rings is 2. The molecule has 0 saturated heterocycles. The summed E-state index contributed by atoms with van der Waals surface area (Å²) < 4.78 is 39.2. The molecule has 0 atom stereocenters. The number of carbonyl (C=O) groups is 2. The number of amides is 2. The van der Waals surface area contributed by atoms with E-state index in [1.807, 2.05) is 0 Å². The van der Waals surface area contributed by atoms with Crippen molar-refractivity contribution >= 4 is 23.2 Å². The molecule has 2 aromatic carbocycles. The lowest BCUT2D eigenvalue weighted by atomic mass is 10.1. The maximum atomic E-state index is 13.1. The van der Waals surface area contributed by atoms with Gasteiger partial charge in [-0.1, -0.05) is 18.2 Å². The molecule has 158 valence electrons. The molecule has 1 aliphatic rings. The van der Waals surface area contributed by atoms with Gasteiger partial charge in [-0.2, -0.15) is 13.2 Å². The minimum absolute atomic E-state index is 0.00610. The molecule has 30 heavy (non-hydrogen) atoms. The average Bonchev–Trinajstić information content (AvgIpc) is 3.52. The van der Waals surface area contributed by atoms with Gasteiger partial charge in [0.25, 0.3) is 11.6 Å². The number of rotatable bonds is 7. The van der Waals surface area contributed by atoms with Gasteiger partial charge in [0, 0.05) is 28.8 Å². The Balaban J connectivity index is 1.80. The van der Waals surface area contributed by atoms with Crippen molar-refractivity contribution in [3.63, 3.8) is 0 Å². The van der Waals surface area contributed by atoms with Crippen LogP contribution in [0, 0.1) is 16.0 Å². The molecule has 1 fully saturated rings. The van der Waals surface area contributed by atoms with E-state index in [-0.39, 0.29) is 28.6 Å².